The van der Waals surface area contributed by atoms with Crippen LogP contribution in [0.4, 0.5) is 14.9 Å². The summed E-state index contributed by atoms with van der Waals surface area (Å²) in [6, 6.07) is 19.2. The highest BCUT2D eigenvalue weighted by Gasteiger charge is 2.51. The predicted molar refractivity (Wildman–Crippen MR) is 169 cm³/mol. The number of benzene rings is 3. The number of aromatic hydroxyl groups is 1. The van der Waals surface area contributed by atoms with Gasteiger partial charge < -0.3 is 25.1 Å². The van der Waals surface area contributed by atoms with Gasteiger partial charge in [0.2, 0.25) is 11.8 Å². The first-order chi connectivity index (χ1) is 21.5. The van der Waals surface area contributed by atoms with E-state index in [-0.39, 0.29) is 48.9 Å². The average Bonchev–Trinajstić information content (AvgIpc) is 3.02. The highest BCUT2D eigenvalue weighted by molar-refractivity contribution is 5.92. The van der Waals surface area contributed by atoms with Gasteiger partial charge in [0.25, 0.3) is 0 Å². The zero-order valence-corrected chi connectivity index (χ0v) is 26.4. The molecule has 11 heteroatoms. The smallest absolute Gasteiger partial charge is 0.334 e. The minimum atomic E-state index is -0.903. The van der Waals surface area contributed by atoms with E-state index in [0.717, 1.165) is 16.7 Å². The van der Waals surface area contributed by atoms with Gasteiger partial charge in [0.05, 0.1) is 24.8 Å². The fourth-order valence-corrected chi connectivity index (χ4v) is 6.04. The van der Waals surface area contributed by atoms with Crippen LogP contribution in [0.3, 0.4) is 0 Å². The highest BCUT2D eigenvalue weighted by Crippen LogP contribution is 2.34. The van der Waals surface area contributed by atoms with E-state index < -0.39 is 24.3 Å². The third-order valence-electron chi connectivity index (χ3n) is 8.82. The predicted octanol–water partition coefficient (Wildman–Crippen LogP) is 4.12. The van der Waals surface area contributed by atoms with E-state index in [0.29, 0.717) is 12.2 Å². The number of nitrogens with zero attached hydrogens (tertiary/aromatic N) is 5. The Labute approximate surface area is 263 Å². The van der Waals surface area contributed by atoms with Crippen LogP contribution in [0.25, 0.3) is 0 Å². The van der Waals surface area contributed by atoms with Gasteiger partial charge in [-0.1, -0.05) is 48.5 Å². The zero-order valence-electron chi connectivity index (χ0n) is 26.4. The summed E-state index contributed by atoms with van der Waals surface area (Å²) >= 11 is 0. The number of carbonyl (C=O) groups excluding carboxylic acids is 3. The summed E-state index contributed by atoms with van der Waals surface area (Å²) in [5, 5.41) is 15.9. The van der Waals surface area contributed by atoms with E-state index >= 15 is 0 Å². The molecule has 2 aliphatic rings. The van der Waals surface area contributed by atoms with Crippen molar-refractivity contribution >= 4 is 23.5 Å². The number of carbonyl (C=O) groups is 3. The molecule has 0 aromatic heterocycles. The maximum atomic E-state index is 14.9. The second-order valence-electron chi connectivity index (χ2n) is 12.1. The van der Waals surface area contributed by atoms with Gasteiger partial charge in [-0.15, -0.1) is 0 Å². The SMILES string of the molecule is CC(C)N(C)c1cc([C@H](C)N2C[C@H]3N(C(=O)CN(C)N3C(=O)NCc3ccccc3)[C@@H](Cc3ccc(O)cc3)C2=O)ccc1F. The van der Waals surface area contributed by atoms with Gasteiger partial charge in [-0.05, 0) is 61.7 Å². The molecule has 3 atom stereocenters. The molecule has 0 spiro atoms. The standard InChI is InChI=1S/C34H41FN6O4/c1-22(2)38(5)29-18-26(13-16-28(29)35)23(3)39-20-31-40(30(33(39)44)17-24-11-14-27(42)15-12-24)32(43)21-37(4)41(31)34(45)36-19-25-9-7-6-8-10-25/h6-16,18,22-23,30-31,42H,17,19-21H2,1-5H3,(H,36,45)/t23-,30-,31-/m0/s1. The third-order valence-corrected chi connectivity index (χ3v) is 8.82. The Morgan fingerprint density at radius 1 is 1.02 bits per heavy atom. The lowest BCUT2D eigenvalue weighted by molar-refractivity contribution is -0.189. The summed E-state index contributed by atoms with van der Waals surface area (Å²) in [6.45, 7) is 6.11. The molecule has 2 saturated heterocycles. The molecule has 4 amide bonds. The summed E-state index contributed by atoms with van der Waals surface area (Å²) in [5.74, 6) is -0.791. The number of rotatable bonds is 8. The lowest BCUT2D eigenvalue weighted by Crippen LogP contribution is -2.76. The summed E-state index contributed by atoms with van der Waals surface area (Å²) < 4.78 is 14.9. The number of anilines is 1. The molecule has 0 radical (unpaired) electrons. The number of amides is 4. The molecule has 0 aliphatic carbocycles. The van der Waals surface area contributed by atoms with E-state index in [1.807, 2.05) is 63.1 Å². The number of halogens is 1. The molecule has 3 aromatic carbocycles. The average molecular weight is 617 g/mol. The topological polar surface area (TPSA) is 99.7 Å². The van der Waals surface area contributed by atoms with Crippen LogP contribution in [0.15, 0.2) is 72.8 Å². The zero-order chi connectivity index (χ0) is 32.4. The van der Waals surface area contributed by atoms with Crippen molar-refractivity contribution in [1.29, 1.82) is 0 Å². The van der Waals surface area contributed by atoms with Crippen molar-refractivity contribution in [3.8, 4) is 5.75 Å². The van der Waals surface area contributed by atoms with Crippen LogP contribution in [0.5, 0.6) is 5.75 Å². The molecule has 0 unspecified atom stereocenters. The Morgan fingerprint density at radius 3 is 2.38 bits per heavy atom. The largest absolute Gasteiger partial charge is 0.508 e. The summed E-state index contributed by atoms with van der Waals surface area (Å²) in [4.78, 5) is 46.8. The Hall–Kier alpha value is -4.64. The first kappa shape index (κ1) is 31.8. The van der Waals surface area contributed by atoms with Gasteiger partial charge in [-0.25, -0.2) is 19.2 Å². The molecular formula is C34H41FN6O4. The summed E-state index contributed by atoms with van der Waals surface area (Å²) in [6.07, 6.45) is -0.592. The molecule has 0 bridgehead atoms. The van der Waals surface area contributed by atoms with Gasteiger partial charge in [-0.3, -0.25) is 9.59 Å². The Morgan fingerprint density at radius 2 is 1.71 bits per heavy atom. The third kappa shape index (κ3) is 6.58. The molecule has 2 heterocycles. The molecule has 5 rings (SSSR count). The number of piperazine rings is 1. The number of urea groups is 1. The summed E-state index contributed by atoms with van der Waals surface area (Å²) in [5.41, 5.74) is 2.85. The maximum absolute atomic E-state index is 14.9. The number of hydrazine groups is 1. The second kappa shape index (κ2) is 13.2. The van der Waals surface area contributed by atoms with Crippen molar-refractivity contribution in [3.63, 3.8) is 0 Å². The molecule has 3 aromatic rings. The number of hydrogen-bond donors (Lipinski definition) is 2. The number of fused-ring (bicyclic) bond motifs is 1. The molecule has 2 N–H and O–H groups in total. The fraction of sp³-hybridized carbons (Fsp3) is 0.382. The fourth-order valence-electron chi connectivity index (χ4n) is 6.04. The monoisotopic (exact) mass is 616 g/mol. The first-order valence-electron chi connectivity index (χ1n) is 15.2. The maximum Gasteiger partial charge on any atom is 0.334 e. The molecule has 2 aliphatic heterocycles. The Kier molecular flexibility index (Phi) is 9.29. The van der Waals surface area contributed by atoms with Crippen LogP contribution < -0.4 is 10.2 Å². The molecule has 45 heavy (non-hydrogen) atoms. The van der Waals surface area contributed by atoms with Gasteiger partial charge >= 0.3 is 6.03 Å². The van der Waals surface area contributed by atoms with Crippen LogP contribution >= 0.6 is 0 Å². The van der Waals surface area contributed by atoms with Crippen LogP contribution in [-0.4, -0.2) is 88.2 Å². The lowest BCUT2D eigenvalue weighted by Gasteiger charge is -2.55. The van der Waals surface area contributed by atoms with Crippen molar-refractivity contribution in [2.45, 2.75) is 58.0 Å². The number of likely N-dealkylation sites (N-methyl/N-ethyl adjacent to an activating group) is 1. The Bertz CT molecular complexity index is 1540. The molecular weight excluding hydrogens is 575 g/mol. The summed E-state index contributed by atoms with van der Waals surface area (Å²) in [7, 11) is 3.51. The van der Waals surface area contributed by atoms with Crippen molar-refractivity contribution in [2.75, 3.05) is 32.1 Å². The van der Waals surface area contributed by atoms with Crippen LogP contribution in [0.1, 0.15) is 43.5 Å². The highest BCUT2D eigenvalue weighted by atomic mass is 19.1. The quantitative estimate of drug-likeness (QED) is 0.395. The number of phenolic OH excluding ortho intramolecular Hbond substituents is 1. The number of nitrogens with one attached hydrogen (secondary N) is 1. The van der Waals surface area contributed by atoms with E-state index in [1.54, 1.807) is 53.4 Å². The second-order valence-corrected chi connectivity index (χ2v) is 12.1. The van der Waals surface area contributed by atoms with Gasteiger partial charge in [-0.2, -0.15) is 0 Å². The van der Waals surface area contributed by atoms with E-state index in [2.05, 4.69) is 5.32 Å². The minimum Gasteiger partial charge on any atom is -0.508 e. The van der Waals surface area contributed by atoms with Crippen LogP contribution in [0, 0.1) is 5.82 Å². The van der Waals surface area contributed by atoms with E-state index in [9.17, 15) is 23.9 Å². The van der Waals surface area contributed by atoms with Crippen molar-refractivity contribution in [1.82, 2.24) is 25.1 Å². The van der Waals surface area contributed by atoms with Crippen LogP contribution in [-0.2, 0) is 22.6 Å². The number of phenols is 1. The number of hydrogen-bond acceptors (Lipinski definition) is 6. The molecule has 238 valence electrons. The minimum absolute atomic E-state index is 0.0525. The van der Waals surface area contributed by atoms with Gasteiger partial charge in [0, 0.05) is 33.1 Å². The van der Waals surface area contributed by atoms with Crippen molar-refractivity contribution < 1.29 is 23.9 Å². The van der Waals surface area contributed by atoms with Gasteiger partial charge in [0.1, 0.15) is 23.8 Å². The molecule has 2 fully saturated rings. The van der Waals surface area contributed by atoms with Crippen LogP contribution in [0.2, 0.25) is 0 Å². The van der Waals surface area contributed by atoms with E-state index in [4.69, 9.17) is 0 Å². The van der Waals surface area contributed by atoms with Crippen molar-refractivity contribution in [3.05, 3.63) is 95.3 Å². The van der Waals surface area contributed by atoms with Gasteiger partial charge in [0.15, 0.2) is 0 Å². The first-order valence-corrected chi connectivity index (χ1v) is 15.2. The van der Waals surface area contributed by atoms with Crippen molar-refractivity contribution in [2.24, 2.45) is 0 Å². The Balaban J connectivity index is 1.51. The molecule has 0 saturated carbocycles. The lowest BCUT2D eigenvalue weighted by atomic mass is 9.96. The van der Waals surface area contributed by atoms with E-state index in [1.165, 1.54) is 16.0 Å². The normalized spacial score (nSPS) is 19.5. The molecule has 10 nitrogen and oxygen atoms in total.